The smallest absolute Gasteiger partial charge is 0.253 e. The maximum Gasteiger partial charge on any atom is 0.253 e. The zero-order valence-electron chi connectivity index (χ0n) is 14.9. The van der Waals surface area contributed by atoms with Gasteiger partial charge in [-0.15, -0.1) is 0 Å². The van der Waals surface area contributed by atoms with E-state index in [2.05, 4.69) is 15.3 Å². The fourth-order valence-electron chi connectivity index (χ4n) is 4.16. The second-order valence-corrected chi connectivity index (χ2v) is 8.05. The summed E-state index contributed by atoms with van der Waals surface area (Å²) in [6, 6.07) is 9.39. The van der Waals surface area contributed by atoms with E-state index in [4.69, 9.17) is 23.2 Å². The van der Waals surface area contributed by atoms with Crippen LogP contribution in [0.1, 0.15) is 48.0 Å². The lowest BCUT2D eigenvalue weighted by Gasteiger charge is -2.38. The van der Waals surface area contributed by atoms with Gasteiger partial charge >= 0.3 is 0 Å². The number of hydrogen-bond acceptors (Lipinski definition) is 2. The Hall–Kier alpha value is -2.04. The Kier molecular flexibility index (Phi) is 5.11. The number of fused-ring (bicyclic) bond motifs is 1. The Morgan fingerprint density at radius 2 is 1.93 bits per heavy atom. The molecule has 140 valence electrons. The highest BCUT2D eigenvalue weighted by Crippen LogP contribution is 2.39. The average Bonchev–Trinajstić information content (AvgIpc) is 3.16. The molecule has 1 aliphatic carbocycles. The van der Waals surface area contributed by atoms with Gasteiger partial charge in [0.05, 0.1) is 10.6 Å². The summed E-state index contributed by atoms with van der Waals surface area (Å²) in [5, 5.41) is 4.94. The Bertz CT molecular complexity index is 959. The Morgan fingerprint density at radius 1 is 1.11 bits per heavy atom. The topological polar surface area (TPSA) is 57.8 Å². The standard InChI is InChI=1S/C21H21Cl2N3O/c22-16-5-6-17-15(8-11-24-17)19(16)20(27)26-13-21(9-2-1-3-10-21)14-4-7-18(23)25-12-14/h4-8,11-12,24H,1-3,9-10,13H2,(H,26,27). The fourth-order valence-corrected chi connectivity index (χ4v) is 4.52. The molecule has 0 atom stereocenters. The number of carbonyl (C=O) groups excluding carboxylic acids is 1. The van der Waals surface area contributed by atoms with E-state index in [-0.39, 0.29) is 11.3 Å². The van der Waals surface area contributed by atoms with Crippen LogP contribution < -0.4 is 5.32 Å². The van der Waals surface area contributed by atoms with Gasteiger partial charge in [0, 0.05) is 35.3 Å². The molecule has 0 saturated heterocycles. The van der Waals surface area contributed by atoms with Crippen molar-refractivity contribution in [1.29, 1.82) is 0 Å². The van der Waals surface area contributed by atoms with Gasteiger partial charge < -0.3 is 10.3 Å². The van der Waals surface area contributed by atoms with Crippen LogP contribution >= 0.6 is 23.2 Å². The summed E-state index contributed by atoms with van der Waals surface area (Å²) >= 11 is 12.3. The molecule has 1 amide bonds. The highest BCUT2D eigenvalue weighted by atomic mass is 35.5. The Morgan fingerprint density at radius 3 is 2.67 bits per heavy atom. The molecule has 4 nitrogen and oxygen atoms in total. The van der Waals surface area contributed by atoms with Gasteiger partial charge in [-0.05, 0) is 42.7 Å². The van der Waals surface area contributed by atoms with E-state index in [1.165, 1.54) is 6.42 Å². The van der Waals surface area contributed by atoms with Crippen molar-refractivity contribution in [2.24, 2.45) is 0 Å². The third kappa shape index (κ3) is 3.56. The van der Waals surface area contributed by atoms with E-state index in [1.807, 2.05) is 36.7 Å². The van der Waals surface area contributed by atoms with Crippen molar-refractivity contribution in [2.45, 2.75) is 37.5 Å². The van der Waals surface area contributed by atoms with Gasteiger partial charge in [0.25, 0.3) is 5.91 Å². The summed E-state index contributed by atoms with van der Waals surface area (Å²) in [5.41, 5.74) is 2.46. The van der Waals surface area contributed by atoms with Crippen molar-refractivity contribution in [2.75, 3.05) is 6.54 Å². The molecule has 4 rings (SSSR count). The molecular weight excluding hydrogens is 381 g/mol. The second-order valence-electron chi connectivity index (χ2n) is 7.25. The van der Waals surface area contributed by atoms with E-state index in [0.717, 1.165) is 42.1 Å². The molecule has 2 heterocycles. The lowest BCUT2D eigenvalue weighted by Crippen LogP contribution is -2.42. The highest BCUT2D eigenvalue weighted by molar-refractivity contribution is 6.35. The SMILES string of the molecule is O=C(NCC1(c2ccc(Cl)nc2)CCCCC1)c1c(Cl)ccc2[nH]ccc12. The van der Waals surface area contributed by atoms with Gasteiger partial charge in [-0.25, -0.2) is 4.98 Å². The Balaban J connectivity index is 1.61. The monoisotopic (exact) mass is 401 g/mol. The fraction of sp³-hybridized carbons (Fsp3) is 0.333. The molecule has 0 unspecified atom stereocenters. The summed E-state index contributed by atoms with van der Waals surface area (Å²) < 4.78 is 0. The van der Waals surface area contributed by atoms with Gasteiger partial charge in [0.1, 0.15) is 5.15 Å². The number of nitrogens with one attached hydrogen (secondary N) is 2. The number of hydrogen-bond donors (Lipinski definition) is 2. The van der Waals surface area contributed by atoms with Crippen molar-refractivity contribution in [3.8, 4) is 0 Å². The van der Waals surface area contributed by atoms with Crippen LogP contribution in [0.25, 0.3) is 10.9 Å². The first-order valence-electron chi connectivity index (χ1n) is 9.25. The zero-order valence-corrected chi connectivity index (χ0v) is 16.4. The number of carbonyl (C=O) groups is 1. The van der Waals surface area contributed by atoms with Crippen molar-refractivity contribution in [3.05, 3.63) is 64.0 Å². The van der Waals surface area contributed by atoms with Gasteiger partial charge in [-0.2, -0.15) is 0 Å². The quantitative estimate of drug-likeness (QED) is 0.566. The average molecular weight is 402 g/mol. The molecule has 1 fully saturated rings. The minimum Gasteiger partial charge on any atom is -0.361 e. The van der Waals surface area contributed by atoms with E-state index >= 15 is 0 Å². The second kappa shape index (κ2) is 7.53. The molecule has 1 aromatic carbocycles. The minimum absolute atomic E-state index is 0.107. The van der Waals surface area contributed by atoms with Crippen LogP contribution in [0.4, 0.5) is 0 Å². The predicted molar refractivity (Wildman–Crippen MR) is 110 cm³/mol. The summed E-state index contributed by atoms with van der Waals surface area (Å²) in [7, 11) is 0. The normalized spacial score (nSPS) is 16.4. The van der Waals surface area contributed by atoms with Crippen LogP contribution in [0.5, 0.6) is 0 Å². The maximum absolute atomic E-state index is 13.0. The molecule has 0 spiro atoms. The number of halogens is 2. The van der Waals surface area contributed by atoms with E-state index in [9.17, 15) is 4.79 Å². The molecule has 0 aliphatic heterocycles. The van der Waals surface area contributed by atoms with E-state index < -0.39 is 0 Å². The molecule has 1 saturated carbocycles. The molecule has 2 aromatic heterocycles. The van der Waals surface area contributed by atoms with Crippen LogP contribution in [0.2, 0.25) is 10.2 Å². The molecule has 3 aromatic rings. The lowest BCUT2D eigenvalue weighted by molar-refractivity contribution is 0.0938. The van der Waals surface area contributed by atoms with Gasteiger partial charge in [0.15, 0.2) is 0 Å². The number of amides is 1. The molecule has 2 N–H and O–H groups in total. The number of aromatic amines is 1. The van der Waals surface area contributed by atoms with Crippen LogP contribution in [-0.2, 0) is 5.41 Å². The predicted octanol–water partition coefficient (Wildman–Crippen LogP) is 5.50. The third-order valence-electron chi connectivity index (χ3n) is 5.65. The first kappa shape index (κ1) is 18.3. The van der Waals surface area contributed by atoms with Crippen molar-refractivity contribution < 1.29 is 4.79 Å². The van der Waals surface area contributed by atoms with Crippen LogP contribution in [0.3, 0.4) is 0 Å². The largest absolute Gasteiger partial charge is 0.361 e. The third-order valence-corrected chi connectivity index (χ3v) is 6.19. The minimum atomic E-state index is -0.142. The molecule has 27 heavy (non-hydrogen) atoms. The number of nitrogens with zero attached hydrogens (tertiary/aromatic N) is 1. The van der Waals surface area contributed by atoms with Gasteiger partial charge in [-0.3, -0.25) is 4.79 Å². The highest BCUT2D eigenvalue weighted by Gasteiger charge is 2.35. The van der Waals surface area contributed by atoms with Gasteiger partial charge in [-0.1, -0.05) is 48.5 Å². The molecule has 1 aliphatic rings. The maximum atomic E-state index is 13.0. The van der Waals surface area contributed by atoms with Crippen molar-refractivity contribution in [1.82, 2.24) is 15.3 Å². The summed E-state index contributed by atoms with van der Waals surface area (Å²) in [6.07, 6.45) is 9.24. The van der Waals surface area contributed by atoms with Crippen LogP contribution in [-0.4, -0.2) is 22.4 Å². The van der Waals surface area contributed by atoms with E-state index in [1.54, 1.807) is 6.07 Å². The number of rotatable bonds is 4. The first-order chi connectivity index (χ1) is 13.1. The van der Waals surface area contributed by atoms with Gasteiger partial charge in [0.2, 0.25) is 0 Å². The first-order valence-corrected chi connectivity index (χ1v) is 10.0. The summed E-state index contributed by atoms with van der Waals surface area (Å²) in [6.45, 7) is 0.562. The van der Waals surface area contributed by atoms with E-state index in [0.29, 0.717) is 22.3 Å². The number of benzene rings is 1. The van der Waals surface area contributed by atoms with Crippen molar-refractivity contribution in [3.63, 3.8) is 0 Å². The number of aromatic nitrogens is 2. The number of H-pyrrole nitrogens is 1. The van der Waals surface area contributed by atoms with Crippen LogP contribution in [0.15, 0.2) is 42.7 Å². The zero-order chi connectivity index (χ0) is 18.9. The number of pyridine rings is 1. The molecular formula is C21H21Cl2N3O. The molecule has 6 heteroatoms. The molecule has 0 radical (unpaired) electrons. The lowest BCUT2D eigenvalue weighted by atomic mass is 9.70. The summed E-state index contributed by atoms with van der Waals surface area (Å²) in [4.78, 5) is 20.4. The van der Waals surface area contributed by atoms with Crippen molar-refractivity contribution >= 4 is 40.0 Å². The van der Waals surface area contributed by atoms with Crippen LogP contribution in [0, 0.1) is 0 Å². The Labute approximate surface area is 168 Å². The molecule has 0 bridgehead atoms. The summed E-state index contributed by atoms with van der Waals surface area (Å²) in [5.74, 6) is -0.142.